The normalized spacial score (nSPS) is 16.5. The Balaban J connectivity index is 1.54. The minimum Gasteiger partial charge on any atom is -0.507 e. The molecule has 1 saturated heterocycles. The van der Waals surface area contributed by atoms with E-state index in [0.29, 0.717) is 38.6 Å². The van der Waals surface area contributed by atoms with Crippen LogP contribution in [-0.2, 0) is 15.3 Å². The molecule has 4 aromatic rings. The molecule has 204 valence electrons. The van der Waals surface area contributed by atoms with E-state index < -0.39 is 17.7 Å². The first-order valence-corrected chi connectivity index (χ1v) is 14.5. The van der Waals surface area contributed by atoms with E-state index in [4.69, 9.17) is 27.9 Å². The molecule has 40 heavy (non-hydrogen) atoms. The van der Waals surface area contributed by atoms with E-state index in [-0.39, 0.29) is 27.3 Å². The number of thioether (sulfide) groups is 1. The first-order valence-electron chi connectivity index (χ1n) is 12.0. The zero-order chi connectivity index (χ0) is 28.4. The van der Waals surface area contributed by atoms with Crippen molar-refractivity contribution in [3.8, 4) is 5.75 Å². The zero-order valence-electron chi connectivity index (χ0n) is 20.8. The molecule has 1 aromatic heterocycles. The molecular weight excluding hydrogens is 596 g/mol. The van der Waals surface area contributed by atoms with Gasteiger partial charge in [-0.15, -0.1) is 10.2 Å². The molecule has 2 heterocycles. The number of nitrogens with zero attached hydrogens (tertiary/aromatic N) is 3. The second-order valence-electron chi connectivity index (χ2n) is 8.56. The highest BCUT2D eigenvalue weighted by molar-refractivity contribution is 8.00. The molecule has 5 rings (SSSR count). The molecule has 1 fully saturated rings. The number of amides is 1. The third-order valence-electron chi connectivity index (χ3n) is 6.02. The van der Waals surface area contributed by atoms with Gasteiger partial charge in [-0.2, -0.15) is 0 Å². The Hall–Kier alpha value is -3.44. The number of rotatable bonds is 8. The summed E-state index contributed by atoms with van der Waals surface area (Å²) in [6.07, 6.45) is 0. The molecular formula is C28H20Cl2FN3O4S2. The molecule has 0 spiro atoms. The van der Waals surface area contributed by atoms with Gasteiger partial charge in [-0.25, -0.2) is 4.39 Å². The van der Waals surface area contributed by atoms with Crippen molar-refractivity contribution in [2.75, 3.05) is 11.5 Å². The third kappa shape index (κ3) is 5.71. The van der Waals surface area contributed by atoms with E-state index in [1.54, 1.807) is 48.5 Å². The summed E-state index contributed by atoms with van der Waals surface area (Å²) in [7, 11) is 0. The highest BCUT2D eigenvalue weighted by Gasteiger charge is 2.49. The van der Waals surface area contributed by atoms with E-state index in [1.807, 2.05) is 6.92 Å². The van der Waals surface area contributed by atoms with Crippen LogP contribution in [0.25, 0.3) is 5.76 Å². The summed E-state index contributed by atoms with van der Waals surface area (Å²) in [6, 6.07) is 16.2. The van der Waals surface area contributed by atoms with Crippen molar-refractivity contribution in [2.45, 2.75) is 23.1 Å². The molecule has 1 N–H and O–H groups in total. The van der Waals surface area contributed by atoms with E-state index in [9.17, 15) is 19.1 Å². The average molecular weight is 617 g/mol. The fourth-order valence-electron chi connectivity index (χ4n) is 4.16. The number of hydrogen-bond acceptors (Lipinski definition) is 8. The monoisotopic (exact) mass is 615 g/mol. The maximum absolute atomic E-state index is 13.4. The van der Waals surface area contributed by atoms with Crippen molar-refractivity contribution in [3.05, 3.63) is 105 Å². The Morgan fingerprint density at radius 1 is 1.07 bits per heavy atom. The lowest BCUT2D eigenvalue weighted by molar-refractivity contribution is -0.132. The lowest BCUT2D eigenvalue weighted by atomic mass is 9.95. The Morgan fingerprint density at radius 3 is 2.48 bits per heavy atom. The second-order valence-corrected chi connectivity index (χ2v) is 11.6. The van der Waals surface area contributed by atoms with Crippen molar-refractivity contribution in [2.24, 2.45) is 0 Å². The van der Waals surface area contributed by atoms with Crippen LogP contribution in [0.4, 0.5) is 9.52 Å². The molecule has 0 radical (unpaired) electrons. The standard InChI is InChI=1S/C28H20Cl2FN3O4S2/c1-2-38-19-10-5-16(6-11-19)24(35)22-23(20-12-7-17(29)13-21(20)30)34(26(37)25(22)36)27-32-33-28(40-27)39-14-15-3-8-18(31)9-4-15/h3-13,23,35H,2,14H2,1H3/b24-22-. The molecule has 12 heteroatoms. The highest BCUT2D eigenvalue weighted by Crippen LogP contribution is 2.46. The predicted molar refractivity (Wildman–Crippen MR) is 155 cm³/mol. The van der Waals surface area contributed by atoms with Crippen molar-refractivity contribution in [3.63, 3.8) is 0 Å². The van der Waals surface area contributed by atoms with Gasteiger partial charge in [0.2, 0.25) is 5.13 Å². The number of carbonyl (C=O) groups is 2. The van der Waals surface area contributed by atoms with Crippen LogP contribution in [0.5, 0.6) is 5.75 Å². The summed E-state index contributed by atoms with van der Waals surface area (Å²) in [5.41, 5.74) is 1.44. The molecule has 1 amide bonds. The largest absolute Gasteiger partial charge is 0.507 e. The quantitative estimate of drug-likeness (QED) is 0.0730. The van der Waals surface area contributed by atoms with E-state index in [2.05, 4.69) is 10.2 Å². The summed E-state index contributed by atoms with van der Waals surface area (Å²) in [4.78, 5) is 28.0. The zero-order valence-corrected chi connectivity index (χ0v) is 24.0. The van der Waals surface area contributed by atoms with Crippen LogP contribution in [0.1, 0.15) is 29.7 Å². The molecule has 0 saturated carbocycles. The number of aromatic nitrogens is 2. The molecule has 3 aromatic carbocycles. The van der Waals surface area contributed by atoms with Crippen LogP contribution in [0.2, 0.25) is 10.0 Å². The van der Waals surface area contributed by atoms with Crippen LogP contribution in [0.3, 0.4) is 0 Å². The summed E-state index contributed by atoms with van der Waals surface area (Å²) < 4.78 is 19.2. The molecule has 1 aliphatic heterocycles. The van der Waals surface area contributed by atoms with Crippen molar-refractivity contribution < 1.29 is 23.8 Å². The van der Waals surface area contributed by atoms with Gasteiger partial charge in [0.05, 0.1) is 18.2 Å². The highest BCUT2D eigenvalue weighted by atomic mass is 35.5. The fourth-order valence-corrected chi connectivity index (χ4v) is 6.50. The summed E-state index contributed by atoms with van der Waals surface area (Å²) in [5.74, 6) is -1.37. The van der Waals surface area contributed by atoms with E-state index in [0.717, 1.165) is 16.9 Å². The molecule has 0 bridgehead atoms. The molecule has 1 unspecified atom stereocenters. The number of Topliss-reactive ketones (excluding diaryl/α,β-unsaturated/α-hetero) is 1. The minimum atomic E-state index is -1.08. The van der Waals surface area contributed by atoms with Gasteiger partial charge in [-0.3, -0.25) is 14.5 Å². The summed E-state index contributed by atoms with van der Waals surface area (Å²) in [6.45, 7) is 2.32. The summed E-state index contributed by atoms with van der Waals surface area (Å²) >= 11 is 15.1. The van der Waals surface area contributed by atoms with Crippen LogP contribution in [0, 0.1) is 5.82 Å². The first-order chi connectivity index (χ1) is 19.3. The van der Waals surface area contributed by atoms with Crippen molar-refractivity contribution >= 4 is 68.9 Å². The smallest absolute Gasteiger partial charge is 0.301 e. The number of benzene rings is 3. The minimum absolute atomic E-state index is 0.144. The van der Waals surface area contributed by atoms with Gasteiger partial charge < -0.3 is 9.84 Å². The lowest BCUT2D eigenvalue weighted by Crippen LogP contribution is -2.29. The number of anilines is 1. The Kier molecular flexibility index (Phi) is 8.41. The van der Waals surface area contributed by atoms with E-state index in [1.165, 1.54) is 34.9 Å². The maximum Gasteiger partial charge on any atom is 0.301 e. The fraction of sp³-hybridized carbons (Fsp3) is 0.143. The number of carbonyl (C=O) groups excluding carboxylic acids is 2. The van der Waals surface area contributed by atoms with Gasteiger partial charge in [-0.1, -0.05) is 64.5 Å². The number of aliphatic hydroxyl groups is 1. The van der Waals surface area contributed by atoms with Gasteiger partial charge in [-0.05, 0) is 66.6 Å². The van der Waals surface area contributed by atoms with Crippen molar-refractivity contribution in [1.82, 2.24) is 10.2 Å². The van der Waals surface area contributed by atoms with Gasteiger partial charge in [0, 0.05) is 21.4 Å². The van der Waals surface area contributed by atoms with Crippen LogP contribution < -0.4 is 9.64 Å². The number of hydrogen-bond donors (Lipinski definition) is 1. The average Bonchev–Trinajstić information content (AvgIpc) is 3.50. The predicted octanol–water partition coefficient (Wildman–Crippen LogP) is 7.30. The Bertz CT molecular complexity index is 1610. The molecule has 1 atom stereocenters. The SMILES string of the molecule is CCOc1ccc(/C(O)=C2/C(=O)C(=O)N(c3nnc(SCc4ccc(F)cc4)s3)C2c2ccc(Cl)cc2Cl)cc1. The second kappa shape index (κ2) is 12.0. The summed E-state index contributed by atoms with van der Waals surface area (Å²) in [5, 5.41) is 20.4. The number of aliphatic hydroxyl groups excluding tert-OH is 1. The molecule has 7 nitrogen and oxygen atoms in total. The first kappa shape index (κ1) is 28.1. The van der Waals surface area contributed by atoms with E-state index >= 15 is 0 Å². The molecule has 1 aliphatic rings. The van der Waals surface area contributed by atoms with Gasteiger partial charge >= 0.3 is 5.91 Å². The third-order valence-corrected chi connectivity index (χ3v) is 8.71. The molecule has 0 aliphatic carbocycles. The lowest BCUT2D eigenvalue weighted by Gasteiger charge is -2.23. The van der Waals surface area contributed by atoms with Gasteiger partial charge in [0.1, 0.15) is 17.3 Å². The number of ether oxygens (including phenoxy) is 1. The maximum atomic E-state index is 13.4. The van der Waals surface area contributed by atoms with Crippen LogP contribution in [-0.4, -0.2) is 33.6 Å². The Morgan fingerprint density at radius 2 is 1.80 bits per heavy atom. The number of halogens is 3. The van der Waals surface area contributed by atoms with Crippen LogP contribution >= 0.6 is 46.3 Å². The Labute approximate surface area is 247 Å². The van der Waals surface area contributed by atoms with Crippen LogP contribution in [0.15, 0.2) is 76.6 Å². The van der Waals surface area contributed by atoms with Crippen molar-refractivity contribution in [1.29, 1.82) is 0 Å². The topological polar surface area (TPSA) is 92.6 Å². The number of ketones is 1. The van der Waals surface area contributed by atoms with Gasteiger partial charge in [0.15, 0.2) is 4.34 Å². The van der Waals surface area contributed by atoms with Gasteiger partial charge in [0.25, 0.3) is 5.78 Å².